The second-order valence-corrected chi connectivity index (χ2v) is 10.3. The molecule has 1 unspecified atom stereocenters. The maximum atomic E-state index is 12.9. The van der Waals surface area contributed by atoms with Gasteiger partial charge in [-0.15, -0.1) is 0 Å². The van der Waals surface area contributed by atoms with Crippen LogP contribution in [-0.4, -0.2) is 64.7 Å². The molecule has 2 aromatic carbocycles. The van der Waals surface area contributed by atoms with Crippen molar-refractivity contribution in [3.63, 3.8) is 0 Å². The molecule has 1 N–H and O–H groups in total. The lowest BCUT2D eigenvalue weighted by Gasteiger charge is -2.34. The Kier molecular flexibility index (Phi) is 6.91. The third-order valence-corrected chi connectivity index (χ3v) is 6.79. The highest BCUT2D eigenvalue weighted by Crippen LogP contribution is 2.25. The maximum absolute atomic E-state index is 12.9. The van der Waals surface area contributed by atoms with Crippen molar-refractivity contribution < 1.29 is 13.2 Å². The summed E-state index contributed by atoms with van der Waals surface area (Å²) in [4.78, 5) is 17.6. The molecule has 0 bridgehead atoms. The lowest BCUT2D eigenvalue weighted by atomic mass is 10.1. The molecule has 1 saturated heterocycles. The first-order chi connectivity index (χ1) is 14.5. The van der Waals surface area contributed by atoms with Gasteiger partial charge in [0.05, 0.1) is 11.9 Å². The van der Waals surface area contributed by atoms with E-state index < -0.39 is 16.1 Å². The molecule has 0 radical (unpaired) electrons. The summed E-state index contributed by atoms with van der Waals surface area (Å²) in [5.41, 5.74) is 4.13. The Bertz CT molecular complexity index is 1010. The van der Waals surface area contributed by atoms with Crippen LogP contribution in [0.2, 0.25) is 0 Å². The van der Waals surface area contributed by atoms with E-state index in [1.165, 1.54) is 4.31 Å². The van der Waals surface area contributed by atoms with Crippen LogP contribution in [0.3, 0.4) is 0 Å². The second kappa shape index (κ2) is 9.28. The van der Waals surface area contributed by atoms with Gasteiger partial charge in [0.15, 0.2) is 0 Å². The lowest BCUT2D eigenvalue weighted by molar-refractivity contribution is -0.116. The summed E-state index contributed by atoms with van der Waals surface area (Å²) in [5, 5.41) is 2.86. The van der Waals surface area contributed by atoms with Gasteiger partial charge in [0.2, 0.25) is 15.9 Å². The van der Waals surface area contributed by atoms with Gasteiger partial charge in [0, 0.05) is 37.6 Å². The monoisotopic (exact) mass is 444 g/mol. The number of nitrogens with zero attached hydrogens (tertiary/aromatic N) is 3. The summed E-state index contributed by atoms with van der Waals surface area (Å²) < 4.78 is 26.2. The molecular weight excluding hydrogens is 412 g/mol. The smallest absolute Gasteiger partial charge is 0.247 e. The van der Waals surface area contributed by atoms with Crippen LogP contribution in [0.5, 0.6) is 0 Å². The minimum Gasteiger partial charge on any atom is -0.369 e. The average Bonchev–Trinajstić information content (AvgIpc) is 2.67. The number of amides is 1. The first kappa shape index (κ1) is 23.1. The molecular formula is C23H32N4O3S. The highest BCUT2D eigenvalue weighted by molar-refractivity contribution is 7.92. The number of likely N-dealkylation sites (N-methyl/N-ethyl adjacent to an activating group) is 1. The molecule has 1 amide bonds. The minimum atomic E-state index is -3.65. The maximum Gasteiger partial charge on any atom is 0.247 e. The van der Waals surface area contributed by atoms with Gasteiger partial charge in [0.25, 0.3) is 0 Å². The molecule has 1 atom stereocenters. The minimum absolute atomic E-state index is 0.378. The largest absolute Gasteiger partial charge is 0.369 e. The van der Waals surface area contributed by atoms with Gasteiger partial charge in [-0.3, -0.25) is 9.10 Å². The molecule has 1 aliphatic heterocycles. The number of anilines is 3. The van der Waals surface area contributed by atoms with Crippen LogP contribution in [0.25, 0.3) is 0 Å². The standard InChI is InChI=1S/C23H32N4O3S/c1-17-14-18(2)16-22(15-17)27(31(5,29)30)19(3)23(28)24-20-6-8-21(9-7-20)26-12-10-25(4)11-13-26/h6-9,14-16,19H,10-13H2,1-5H3,(H,24,28). The lowest BCUT2D eigenvalue weighted by Crippen LogP contribution is -2.45. The molecule has 168 valence electrons. The Balaban J connectivity index is 1.74. The zero-order valence-electron chi connectivity index (χ0n) is 18.9. The van der Waals surface area contributed by atoms with Crippen LogP contribution in [0.4, 0.5) is 17.1 Å². The van der Waals surface area contributed by atoms with Crippen LogP contribution in [-0.2, 0) is 14.8 Å². The molecule has 1 aliphatic rings. The van der Waals surface area contributed by atoms with Crippen molar-refractivity contribution in [3.05, 3.63) is 53.6 Å². The van der Waals surface area contributed by atoms with E-state index in [1.807, 2.05) is 44.2 Å². The summed E-state index contributed by atoms with van der Waals surface area (Å²) in [7, 11) is -1.53. The molecule has 1 fully saturated rings. The summed E-state index contributed by atoms with van der Waals surface area (Å²) in [6, 6.07) is 12.3. The third-order valence-electron chi connectivity index (χ3n) is 5.55. The number of piperazine rings is 1. The van der Waals surface area contributed by atoms with E-state index in [0.29, 0.717) is 11.4 Å². The van der Waals surface area contributed by atoms with E-state index in [1.54, 1.807) is 19.1 Å². The third kappa shape index (κ3) is 5.77. The van der Waals surface area contributed by atoms with Gasteiger partial charge in [0.1, 0.15) is 6.04 Å². The number of carbonyl (C=O) groups excluding carboxylic acids is 1. The zero-order valence-corrected chi connectivity index (χ0v) is 19.7. The Labute approximate surface area is 185 Å². The van der Waals surface area contributed by atoms with Crippen molar-refractivity contribution in [1.82, 2.24) is 4.90 Å². The fourth-order valence-electron chi connectivity index (χ4n) is 3.95. The second-order valence-electron chi connectivity index (χ2n) is 8.41. The normalized spacial score (nSPS) is 16.1. The predicted molar refractivity (Wildman–Crippen MR) is 127 cm³/mol. The van der Waals surface area contributed by atoms with Gasteiger partial charge in [-0.2, -0.15) is 0 Å². The summed E-state index contributed by atoms with van der Waals surface area (Å²) in [6.45, 7) is 9.41. The number of hydrogen-bond donors (Lipinski definition) is 1. The molecule has 2 aromatic rings. The molecule has 31 heavy (non-hydrogen) atoms. The summed E-state index contributed by atoms with van der Waals surface area (Å²) in [6.07, 6.45) is 1.12. The Hall–Kier alpha value is -2.58. The SMILES string of the molecule is Cc1cc(C)cc(N(C(C)C(=O)Nc2ccc(N3CCN(C)CC3)cc2)S(C)(=O)=O)c1. The molecule has 7 nitrogen and oxygen atoms in total. The number of nitrogens with one attached hydrogen (secondary N) is 1. The van der Waals surface area contributed by atoms with E-state index >= 15 is 0 Å². The number of carbonyl (C=O) groups is 1. The Morgan fingerprint density at radius 2 is 1.55 bits per heavy atom. The number of sulfonamides is 1. The number of benzene rings is 2. The van der Waals surface area contributed by atoms with Crippen LogP contribution in [0, 0.1) is 13.8 Å². The topological polar surface area (TPSA) is 73.0 Å². The van der Waals surface area contributed by atoms with Crippen LogP contribution < -0.4 is 14.5 Å². The zero-order chi connectivity index (χ0) is 22.8. The van der Waals surface area contributed by atoms with E-state index in [4.69, 9.17) is 0 Å². The van der Waals surface area contributed by atoms with Crippen LogP contribution >= 0.6 is 0 Å². The molecule has 1 heterocycles. The van der Waals surface area contributed by atoms with Crippen molar-refractivity contribution in [2.24, 2.45) is 0 Å². The van der Waals surface area contributed by atoms with Crippen molar-refractivity contribution in [2.45, 2.75) is 26.8 Å². The molecule has 0 spiro atoms. The highest BCUT2D eigenvalue weighted by atomic mass is 32.2. The number of rotatable bonds is 6. The first-order valence-electron chi connectivity index (χ1n) is 10.5. The molecule has 8 heteroatoms. The van der Waals surface area contributed by atoms with Crippen molar-refractivity contribution in [2.75, 3.05) is 54.0 Å². The summed E-state index contributed by atoms with van der Waals surface area (Å²) >= 11 is 0. The van der Waals surface area contributed by atoms with Crippen molar-refractivity contribution in [3.8, 4) is 0 Å². The highest BCUT2D eigenvalue weighted by Gasteiger charge is 2.29. The van der Waals surface area contributed by atoms with Gasteiger partial charge in [-0.25, -0.2) is 8.42 Å². The molecule has 3 rings (SSSR count). The first-order valence-corrected chi connectivity index (χ1v) is 12.3. The number of aryl methyl sites for hydroxylation is 2. The molecule has 0 aromatic heterocycles. The van der Waals surface area contributed by atoms with Gasteiger partial charge >= 0.3 is 0 Å². The van der Waals surface area contributed by atoms with E-state index in [2.05, 4.69) is 22.2 Å². The fraction of sp³-hybridized carbons (Fsp3) is 0.435. The van der Waals surface area contributed by atoms with Crippen molar-refractivity contribution >= 4 is 33.0 Å². The van der Waals surface area contributed by atoms with E-state index in [0.717, 1.165) is 49.2 Å². The summed E-state index contributed by atoms with van der Waals surface area (Å²) in [5.74, 6) is -0.378. The van der Waals surface area contributed by atoms with Gasteiger partial charge in [-0.1, -0.05) is 6.07 Å². The van der Waals surface area contributed by atoms with E-state index in [9.17, 15) is 13.2 Å². The van der Waals surface area contributed by atoms with Crippen LogP contribution in [0.1, 0.15) is 18.1 Å². The van der Waals surface area contributed by atoms with Gasteiger partial charge in [-0.05, 0) is 75.3 Å². The van der Waals surface area contributed by atoms with Crippen LogP contribution in [0.15, 0.2) is 42.5 Å². The average molecular weight is 445 g/mol. The van der Waals surface area contributed by atoms with E-state index in [-0.39, 0.29) is 5.91 Å². The molecule has 0 aliphatic carbocycles. The van der Waals surface area contributed by atoms with Crippen molar-refractivity contribution in [1.29, 1.82) is 0 Å². The fourth-order valence-corrected chi connectivity index (χ4v) is 5.11. The van der Waals surface area contributed by atoms with Gasteiger partial charge < -0.3 is 15.1 Å². The molecule has 0 saturated carbocycles. The predicted octanol–water partition coefficient (Wildman–Crippen LogP) is 2.85. The number of hydrogen-bond acceptors (Lipinski definition) is 5. The quantitative estimate of drug-likeness (QED) is 0.742. The Morgan fingerprint density at radius 1 is 1.00 bits per heavy atom. The Morgan fingerprint density at radius 3 is 2.06 bits per heavy atom.